The summed E-state index contributed by atoms with van der Waals surface area (Å²) in [6.07, 6.45) is 0. The zero-order valence-corrected chi connectivity index (χ0v) is 14.0. The lowest BCUT2D eigenvalue weighted by atomic mass is 10.1. The van der Waals surface area contributed by atoms with Crippen LogP contribution >= 0.6 is 0 Å². The van der Waals surface area contributed by atoms with Crippen LogP contribution in [0.25, 0.3) is 11.0 Å². The van der Waals surface area contributed by atoms with Crippen LogP contribution in [0, 0.1) is 11.8 Å². The first-order chi connectivity index (χ1) is 12.5. The molecule has 0 unspecified atom stereocenters. The maximum atomic E-state index is 12.1. The molecule has 0 aliphatic rings. The lowest BCUT2D eigenvalue weighted by Gasteiger charge is -2.04. The second-order valence-electron chi connectivity index (χ2n) is 5.32. The normalized spacial score (nSPS) is 10.1. The van der Waals surface area contributed by atoms with E-state index in [0.29, 0.717) is 16.9 Å². The van der Waals surface area contributed by atoms with Crippen LogP contribution < -0.4 is 10.2 Å². The number of benzene rings is 2. The molecule has 0 spiro atoms. The van der Waals surface area contributed by atoms with Crippen molar-refractivity contribution in [3.63, 3.8) is 0 Å². The van der Waals surface area contributed by atoms with Crippen LogP contribution in [0.4, 0.5) is 0 Å². The van der Waals surface area contributed by atoms with E-state index in [1.807, 2.05) is 12.1 Å². The van der Waals surface area contributed by atoms with Gasteiger partial charge in [-0.05, 0) is 30.3 Å². The van der Waals surface area contributed by atoms with Gasteiger partial charge >= 0.3 is 5.97 Å². The molecule has 6 nitrogen and oxygen atoms in total. The Morgan fingerprint density at radius 1 is 1.08 bits per heavy atom. The van der Waals surface area contributed by atoms with Crippen molar-refractivity contribution < 1.29 is 23.8 Å². The van der Waals surface area contributed by atoms with Gasteiger partial charge in [0, 0.05) is 17.2 Å². The largest absolute Gasteiger partial charge is 0.507 e. The van der Waals surface area contributed by atoms with Crippen molar-refractivity contribution in [2.45, 2.75) is 0 Å². The fourth-order valence-corrected chi connectivity index (χ4v) is 2.39. The van der Waals surface area contributed by atoms with Crippen molar-refractivity contribution in [2.24, 2.45) is 0 Å². The number of fused-ring (bicyclic) bond motifs is 1. The van der Waals surface area contributed by atoms with Crippen LogP contribution in [0.2, 0.25) is 0 Å². The molecule has 1 N–H and O–H groups in total. The van der Waals surface area contributed by atoms with Gasteiger partial charge in [0.15, 0.2) is 5.43 Å². The molecular weight excluding hydrogens is 336 g/mol. The van der Waals surface area contributed by atoms with Gasteiger partial charge in [0.1, 0.15) is 22.5 Å². The number of hydrogen-bond acceptors (Lipinski definition) is 6. The fourth-order valence-electron chi connectivity index (χ4n) is 2.39. The molecule has 1 heterocycles. The third-order valence-electron chi connectivity index (χ3n) is 3.62. The van der Waals surface area contributed by atoms with E-state index < -0.39 is 11.4 Å². The van der Waals surface area contributed by atoms with Crippen LogP contribution in [0.15, 0.2) is 51.7 Å². The number of aromatic hydroxyl groups is 1. The molecule has 0 aliphatic heterocycles. The Labute approximate surface area is 148 Å². The monoisotopic (exact) mass is 350 g/mol. The molecule has 130 valence electrons. The Kier molecular flexibility index (Phi) is 4.63. The summed E-state index contributed by atoms with van der Waals surface area (Å²) in [5, 5.41) is 10.1. The van der Waals surface area contributed by atoms with Crippen molar-refractivity contribution in [1.82, 2.24) is 0 Å². The van der Waals surface area contributed by atoms with E-state index >= 15 is 0 Å². The van der Waals surface area contributed by atoms with E-state index in [0.717, 1.165) is 6.07 Å². The predicted octanol–water partition coefficient (Wildman–Crippen LogP) is 2.69. The number of esters is 1. The highest BCUT2D eigenvalue weighted by Gasteiger charge is 2.15. The predicted molar refractivity (Wildman–Crippen MR) is 94.5 cm³/mol. The van der Waals surface area contributed by atoms with Crippen molar-refractivity contribution >= 4 is 16.9 Å². The van der Waals surface area contributed by atoms with Crippen molar-refractivity contribution in [1.29, 1.82) is 0 Å². The highest BCUT2D eigenvalue weighted by molar-refractivity contribution is 5.91. The van der Waals surface area contributed by atoms with Crippen molar-refractivity contribution in [3.8, 4) is 23.3 Å². The van der Waals surface area contributed by atoms with E-state index in [9.17, 15) is 14.7 Å². The van der Waals surface area contributed by atoms with Crippen LogP contribution in [0.5, 0.6) is 11.5 Å². The van der Waals surface area contributed by atoms with Gasteiger partial charge in [-0.1, -0.05) is 17.9 Å². The van der Waals surface area contributed by atoms with E-state index in [-0.39, 0.29) is 22.5 Å². The summed E-state index contributed by atoms with van der Waals surface area (Å²) in [5.41, 5.74) is 0.640. The Bertz CT molecular complexity index is 1110. The third-order valence-corrected chi connectivity index (χ3v) is 3.62. The second-order valence-corrected chi connectivity index (χ2v) is 5.32. The topological polar surface area (TPSA) is 86.0 Å². The van der Waals surface area contributed by atoms with E-state index in [2.05, 4.69) is 16.6 Å². The summed E-state index contributed by atoms with van der Waals surface area (Å²) in [5.74, 6) is 5.19. The molecule has 26 heavy (non-hydrogen) atoms. The zero-order valence-electron chi connectivity index (χ0n) is 14.0. The minimum atomic E-state index is -0.781. The van der Waals surface area contributed by atoms with Crippen molar-refractivity contribution in [2.75, 3.05) is 14.2 Å². The molecule has 6 heteroatoms. The summed E-state index contributed by atoms with van der Waals surface area (Å²) < 4.78 is 15.1. The second kappa shape index (κ2) is 7.03. The molecule has 3 rings (SSSR count). The first kappa shape index (κ1) is 17.1. The highest BCUT2D eigenvalue weighted by atomic mass is 16.5. The third kappa shape index (κ3) is 3.37. The number of carbonyl (C=O) groups excluding carboxylic acids is 1. The summed E-state index contributed by atoms with van der Waals surface area (Å²) >= 11 is 0. The molecule has 0 fully saturated rings. The average molecular weight is 350 g/mol. The number of phenols is 1. The fraction of sp³-hybridized carbons (Fsp3) is 0.100. The first-order valence-electron chi connectivity index (χ1n) is 7.57. The summed E-state index contributed by atoms with van der Waals surface area (Å²) in [6, 6.07) is 11.0. The van der Waals surface area contributed by atoms with Gasteiger partial charge in [-0.15, -0.1) is 0 Å². The van der Waals surface area contributed by atoms with Gasteiger partial charge in [0.05, 0.1) is 14.2 Å². The molecule has 3 aromatic rings. The molecule has 0 amide bonds. The van der Waals surface area contributed by atoms with Gasteiger partial charge in [-0.3, -0.25) is 4.79 Å². The number of ether oxygens (including phenoxy) is 2. The Hall–Kier alpha value is -3.72. The number of methoxy groups -OCH3 is 2. The van der Waals surface area contributed by atoms with E-state index in [1.165, 1.54) is 19.2 Å². The van der Waals surface area contributed by atoms with Crippen LogP contribution in [-0.2, 0) is 4.74 Å². The van der Waals surface area contributed by atoms with Gasteiger partial charge in [0.2, 0.25) is 5.76 Å². The molecule has 0 saturated heterocycles. The van der Waals surface area contributed by atoms with Gasteiger partial charge in [-0.2, -0.15) is 0 Å². The smallest absolute Gasteiger partial charge is 0.374 e. The minimum Gasteiger partial charge on any atom is -0.507 e. The lowest BCUT2D eigenvalue weighted by Crippen LogP contribution is -2.08. The Morgan fingerprint density at radius 3 is 2.58 bits per heavy atom. The molecule has 2 aromatic carbocycles. The molecule has 0 radical (unpaired) electrons. The van der Waals surface area contributed by atoms with Gasteiger partial charge in [0.25, 0.3) is 0 Å². The molecule has 0 aliphatic carbocycles. The maximum Gasteiger partial charge on any atom is 0.374 e. The Balaban J connectivity index is 2.09. The average Bonchev–Trinajstić information content (AvgIpc) is 2.65. The van der Waals surface area contributed by atoms with Crippen LogP contribution in [-0.4, -0.2) is 25.3 Å². The van der Waals surface area contributed by atoms with Gasteiger partial charge < -0.3 is 19.0 Å². The first-order valence-corrected chi connectivity index (χ1v) is 7.57. The SMILES string of the molecule is COC(=O)c1cc(=O)c2c(O)cc(C#Cc3cccc(OC)c3)cc2o1. The summed E-state index contributed by atoms with van der Waals surface area (Å²) in [4.78, 5) is 23.7. The molecule has 0 atom stereocenters. The molecular formula is C20H14O6. The molecule has 0 saturated carbocycles. The van der Waals surface area contributed by atoms with Crippen LogP contribution in [0.1, 0.15) is 21.7 Å². The number of phenolic OH excluding ortho intramolecular Hbond substituents is 1. The molecule has 1 aromatic heterocycles. The molecule has 0 bridgehead atoms. The Morgan fingerprint density at radius 2 is 1.85 bits per heavy atom. The maximum absolute atomic E-state index is 12.1. The van der Waals surface area contributed by atoms with Gasteiger partial charge in [-0.25, -0.2) is 4.79 Å². The number of rotatable bonds is 2. The van der Waals surface area contributed by atoms with E-state index in [1.54, 1.807) is 19.2 Å². The van der Waals surface area contributed by atoms with Crippen LogP contribution in [0.3, 0.4) is 0 Å². The minimum absolute atomic E-state index is 0.0235. The summed E-state index contributed by atoms with van der Waals surface area (Å²) in [7, 11) is 2.74. The number of carbonyl (C=O) groups is 1. The van der Waals surface area contributed by atoms with Crippen molar-refractivity contribution in [3.05, 3.63) is 69.6 Å². The highest BCUT2D eigenvalue weighted by Crippen LogP contribution is 2.24. The standard InChI is InChI=1S/C20H14O6/c1-24-14-5-3-4-12(8-14)6-7-13-9-15(21)19-16(22)11-18(20(23)25-2)26-17(19)10-13/h3-5,8-11,21H,1-2H3. The lowest BCUT2D eigenvalue weighted by molar-refractivity contribution is 0.0565. The van der Waals surface area contributed by atoms with E-state index in [4.69, 9.17) is 9.15 Å². The quantitative estimate of drug-likeness (QED) is 0.565. The zero-order chi connectivity index (χ0) is 18.7. The number of hydrogen-bond donors (Lipinski definition) is 1. The summed E-state index contributed by atoms with van der Waals surface area (Å²) in [6.45, 7) is 0.